The van der Waals surface area contributed by atoms with Crippen LogP contribution in [0.25, 0.3) is 0 Å². The highest BCUT2D eigenvalue weighted by Crippen LogP contribution is 2.36. The average molecular weight is 379 g/mol. The molecule has 0 aliphatic carbocycles. The van der Waals surface area contributed by atoms with Gasteiger partial charge in [0, 0.05) is 25.7 Å². The van der Waals surface area contributed by atoms with Crippen LogP contribution in [0.3, 0.4) is 0 Å². The summed E-state index contributed by atoms with van der Waals surface area (Å²) >= 11 is 6.32. The summed E-state index contributed by atoms with van der Waals surface area (Å²) < 4.78 is 16.3. The minimum atomic E-state index is 0.527. The van der Waals surface area contributed by atoms with E-state index in [9.17, 15) is 0 Å². The molecule has 1 fully saturated rings. The van der Waals surface area contributed by atoms with Crippen LogP contribution in [0, 0.1) is 0 Å². The average Bonchev–Trinajstić information content (AvgIpc) is 2.69. The van der Waals surface area contributed by atoms with Crippen molar-refractivity contribution in [2.75, 3.05) is 50.2 Å². The second kappa shape index (κ2) is 8.91. The molecule has 2 heterocycles. The fraction of sp³-hybridized carbons (Fsp3) is 0.444. The quantitative estimate of drug-likeness (QED) is 0.794. The zero-order valence-corrected chi connectivity index (χ0v) is 15.8. The Hall–Kier alpha value is -2.25. The zero-order valence-electron chi connectivity index (χ0n) is 15.0. The predicted molar refractivity (Wildman–Crippen MR) is 102 cm³/mol. The van der Waals surface area contributed by atoms with Gasteiger partial charge in [0.05, 0.1) is 32.0 Å². The van der Waals surface area contributed by atoms with E-state index in [0.717, 1.165) is 43.5 Å². The lowest BCUT2D eigenvalue weighted by Gasteiger charge is -2.27. The van der Waals surface area contributed by atoms with E-state index in [1.807, 2.05) is 25.1 Å². The van der Waals surface area contributed by atoms with Crippen LogP contribution in [-0.4, -0.2) is 50.0 Å². The molecule has 0 spiro atoms. The first-order chi connectivity index (χ1) is 12.7. The number of nitrogens with zero attached hydrogens (tertiary/aromatic N) is 3. The molecule has 3 rings (SSSR count). The molecule has 7 nitrogen and oxygen atoms in total. The van der Waals surface area contributed by atoms with Crippen molar-refractivity contribution in [2.45, 2.75) is 13.5 Å². The first-order valence-electron chi connectivity index (χ1n) is 8.59. The Morgan fingerprint density at radius 2 is 2.04 bits per heavy atom. The molecule has 1 saturated heterocycles. The van der Waals surface area contributed by atoms with Gasteiger partial charge in [0.15, 0.2) is 11.5 Å². The molecule has 8 heteroatoms. The van der Waals surface area contributed by atoms with Gasteiger partial charge in [0.2, 0.25) is 0 Å². The number of aromatic nitrogens is 2. The summed E-state index contributed by atoms with van der Waals surface area (Å²) in [6.45, 7) is 6.10. The topological polar surface area (TPSA) is 68.7 Å². The van der Waals surface area contributed by atoms with Gasteiger partial charge in [-0.25, -0.2) is 9.97 Å². The van der Waals surface area contributed by atoms with Crippen LogP contribution in [0.1, 0.15) is 12.5 Å². The van der Waals surface area contributed by atoms with Crippen molar-refractivity contribution < 1.29 is 14.2 Å². The number of rotatable bonds is 7. The highest BCUT2D eigenvalue weighted by Gasteiger charge is 2.14. The minimum absolute atomic E-state index is 0.527. The van der Waals surface area contributed by atoms with Crippen molar-refractivity contribution in [3.8, 4) is 11.5 Å². The van der Waals surface area contributed by atoms with Crippen LogP contribution in [0.2, 0.25) is 5.02 Å². The third kappa shape index (κ3) is 4.47. The van der Waals surface area contributed by atoms with E-state index in [1.54, 1.807) is 13.4 Å². The second-order valence-corrected chi connectivity index (χ2v) is 6.16. The Kier molecular flexibility index (Phi) is 6.35. The number of benzene rings is 1. The fourth-order valence-electron chi connectivity index (χ4n) is 2.76. The van der Waals surface area contributed by atoms with Crippen molar-refractivity contribution in [3.05, 3.63) is 35.1 Å². The van der Waals surface area contributed by atoms with Crippen LogP contribution in [0.5, 0.6) is 11.5 Å². The molecule has 1 N–H and O–H groups in total. The van der Waals surface area contributed by atoms with Crippen LogP contribution in [0.15, 0.2) is 24.5 Å². The van der Waals surface area contributed by atoms with Gasteiger partial charge in [0.25, 0.3) is 0 Å². The third-order valence-corrected chi connectivity index (χ3v) is 4.32. The molecule has 0 radical (unpaired) electrons. The molecule has 26 heavy (non-hydrogen) atoms. The van der Waals surface area contributed by atoms with E-state index < -0.39 is 0 Å². The summed E-state index contributed by atoms with van der Waals surface area (Å²) in [5.74, 6) is 2.84. The zero-order chi connectivity index (χ0) is 18.4. The highest BCUT2D eigenvalue weighted by atomic mass is 35.5. The van der Waals surface area contributed by atoms with Gasteiger partial charge in [-0.05, 0) is 24.6 Å². The van der Waals surface area contributed by atoms with E-state index in [2.05, 4.69) is 20.2 Å². The molecule has 1 aromatic carbocycles. The van der Waals surface area contributed by atoms with Gasteiger partial charge >= 0.3 is 0 Å². The number of morpholine rings is 1. The highest BCUT2D eigenvalue weighted by molar-refractivity contribution is 6.32. The minimum Gasteiger partial charge on any atom is -0.493 e. The Labute approximate surface area is 158 Å². The number of methoxy groups -OCH3 is 1. The summed E-state index contributed by atoms with van der Waals surface area (Å²) in [7, 11) is 1.60. The monoisotopic (exact) mass is 378 g/mol. The van der Waals surface area contributed by atoms with Gasteiger partial charge in [0.1, 0.15) is 18.0 Å². The van der Waals surface area contributed by atoms with E-state index in [1.165, 1.54) is 0 Å². The van der Waals surface area contributed by atoms with Gasteiger partial charge in [-0.1, -0.05) is 11.6 Å². The van der Waals surface area contributed by atoms with Crippen molar-refractivity contribution >= 4 is 23.2 Å². The van der Waals surface area contributed by atoms with Crippen LogP contribution in [0.4, 0.5) is 11.6 Å². The molecular weight excluding hydrogens is 356 g/mol. The molecule has 1 aromatic heterocycles. The van der Waals surface area contributed by atoms with E-state index in [-0.39, 0.29) is 0 Å². The van der Waals surface area contributed by atoms with E-state index in [0.29, 0.717) is 29.7 Å². The lowest BCUT2D eigenvalue weighted by molar-refractivity contribution is 0.122. The molecule has 0 atom stereocenters. The second-order valence-electron chi connectivity index (χ2n) is 5.76. The Bertz CT molecular complexity index is 738. The van der Waals surface area contributed by atoms with Gasteiger partial charge in [-0.15, -0.1) is 0 Å². The summed E-state index contributed by atoms with van der Waals surface area (Å²) in [6.07, 6.45) is 1.57. The maximum atomic E-state index is 6.32. The van der Waals surface area contributed by atoms with Gasteiger partial charge in [-0.3, -0.25) is 0 Å². The first-order valence-corrected chi connectivity index (χ1v) is 8.97. The first kappa shape index (κ1) is 18.5. The third-order valence-electron chi connectivity index (χ3n) is 4.04. The predicted octanol–water partition coefficient (Wildman–Crippen LogP) is 2.99. The molecule has 0 amide bonds. The molecule has 0 bridgehead atoms. The van der Waals surface area contributed by atoms with Crippen LogP contribution in [-0.2, 0) is 11.3 Å². The molecule has 140 valence electrons. The summed E-state index contributed by atoms with van der Waals surface area (Å²) in [6, 6.07) is 5.72. The van der Waals surface area contributed by atoms with Crippen molar-refractivity contribution in [2.24, 2.45) is 0 Å². The molecule has 1 aliphatic rings. The van der Waals surface area contributed by atoms with Crippen molar-refractivity contribution in [1.29, 1.82) is 0 Å². The Balaban J connectivity index is 1.70. The Morgan fingerprint density at radius 1 is 1.23 bits per heavy atom. The number of hydrogen-bond acceptors (Lipinski definition) is 7. The fourth-order valence-corrected chi connectivity index (χ4v) is 3.05. The summed E-state index contributed by atoms with van der Waals surface area (Å²) in [5.41, 5.74) is 0.974. The van der Waals surface area contributed by atoms with Crippen LogP contribution >= 0.6 is 11.6 Å². The number of nitrogens with one attached hydrogen (secondary N) is 1. The molecular formula is C18H23ClN4O3. The maximum Gasteiger partial charge on any atom is 0.179 e. The molecule has 2 aromatic rings. The number of ether oxygens (including phenoxy) is 3. The SMILES string of the molecule is CCOc1c(Cl)cc(CNc2cc(N3CCOCC3)ncn2)cc1OC. The summed E-state index contributed by atoms with van der Waals surface area (Å²) in [5, 5.41) is 3.83. The summed E-state index contributed by atoms with van der Waals surface area (Å²) in [4.78, 5) is 10.8. The maximum absolute atomic E-state index is 6.32. The van der Waals surface area contributed by atoms with Gasteiger partial charge < -0.3 is 24.4 Å². The molecule has 0 saturated carbocycles. The van der Waals surface area contributed by atoms with Gasteiger partial charge in [-0.2, -0.15) is 0 Å². The normalized spacial score (nSPS) is 14.2. The Morgan fingerprint density at radius 3 is 2.77 bits per heavy atom. The number of hydrogen-bond donors (Lipinski definition) is 1. The smallest absolute Gasteiger partial charge is 0.179 e. The molecule has 0 unspecified atom stereocenters. The number of anilines is 2. The van der Waals surface area contributed by atoms with Crippen molar-refractivity contribution in [1.82, 2.24) is 9.97 Å². The van der Waals surface area contributed by atoms with Crippen LogP contribution < -0.4 is 19.7 Å². The standard InChI is InChI=1S/C18H23ClN4O3/c1-3-26-18-14(19)8-13(9-15(18)24-2)11-20-16-10-17(22-12-21-16)23-4-6-25-7-5-23/h8-10,12H,3-7,11H2,1-2H3,(H,20,21,22). The lowest BCUT2D eigenvalue weighted by Crippen LogP contribution is -2.36. The largest absolute Gasteiger partial charge is 0.493 e. The van der Waals surface area contributed by atoms with Crippen molar-refractivity contribution in [3.63, 3.8) is 0 Å². The van der Waals surface area contributed by atoms with E-state index in [4.69, 9.17) is 25.8 Å². The lowest BCUT2D eigenvalue weighted by atomic mass is 10.2. The molecule has 1 aliphatic heterocycles. The van der Waals surface area contributed by atoms with E-state index >= 15 is 0 Å². The number of halogens is 1.